The van der Waals surface area contributed by atoms with Crippen LogP contribution in [-0.2, 0) is 0 Å². The fourth-order valence-electron chi connectivity index (χ4n) is 1.66. The summed E-state index contributed by atoms with van der Waals surface area (Å²) in [6.07, 6.45) is 0. The molecule has 0 saturated heterocycles. The van der Waals surface area contributed by atoms with Crippen molar-refractivity contribution in [2.75, 3.05) is 0 Å². The van der Waals surface area contributed by atoms with Gasteiger partial charge in [0.2, 0.25) is 0 Å². The van der Waals surface area contributed by atoms with Crippen LogP contribution >= 0.6 is 50.1 Å². The highest BCUT2D eigenvalue weighted by atomic mass is 127. The molecule has 0 radical (unpaired) electrons. The zero-order valence-electron chi connectivity index (χ0n) is 9.23. The van der Waals surface area contributed by atoms with Gasteiger partial charge in [-0.2, -0.15) is 0 Å². The minimum Gasteiger partial charge on any atom is -0.207 e. The number of benzene rings is 2. The van der Waals surface area contributed by atoms with Crippen LogP contribution in [-0.4, -0.2) is 0 Å². The van der Waals surface area contributed by atoms with Crippen molar-refractivity contribution in [2.24, 2.45) is 0 Å². The second kappa shape index (κ2) is 6.01. The lowest BCUT2D eigenvalue weighted by atomic mass is 10.0. The molecule has 1 unspecified atom stereocenters. The maximum Gasteiger partial charge on any atom is 0.134 e. The first kappa shape index (κ1) is 15.1. The van der Waals surface area contributed by atoms with Gasteiger partial charge in [0.25, 0.3) is 0 Å². The van der Waals surface area contributed by atoms with Crippen LogP contribution in [0.3, 0.4) is 0 Å². The molecule has 0 aliphatic carbocycles. The molecule has 2 rings (SSSR count). The number of rotatable bonds is 2. The van der Waals surface area contributed by atoms with E-state index in [0.29, 0.717) is 17.7 Å². The SMILES string of the molecule is Fc1cc(F)c(C(Cl)c2cc(Br)ccc2I)c(F)c1. The molecule has 0 nitrogen and oxygen atoms in total. The molecule has 2 aromatic rings. The number of hydrogen-bond acceptors (Lipinski definition) is 0. The smallest absolute Gasteiger partial charge is 0.134 e. The molecule has 0 N–H and O–H groups in total. The molecule has 2 aromatic carbocycles. The maximum absolute atomic E-state index is 13.7. The number of alkyl halides is 1. The molecule has 0 aliphatic heterocycles. The highest BCUT2D eigenvalue weighted by molar-refractivity contribution is 14.1. The lowest BCUT2D eigenvalue weighted by Gasteiger charge is -2.14. The van der Waals surface area contributed by atoms with E-state index in [2.05, 4.69) is 15.9 Å². The van der Waals surface area contributed by atoms with Gasteiger partial charge in [-0.25, -0.2) is 13.2 Å². The molecule has 0 aliphatic rings. The Balaban J connectivity index is 2.56. The van der Waals surface area contributed by atoms with Crippen molar-refractivity contribution >= 4 is 50.1 Å². The second-order valence-electron chi connectivity index (χ2n) is 3.81. The van der Waals surface area contributed by atoms with Crippen molar-refractivity contribution in [2.45, 2.75) is 5.38 Å². The standard InChI is InChI=1S/C13H6BrClF3I/c14-6-1-2-11(19)8(3-6)13(15)12-9(17)4-7(16)5-10(12)18/h1-5,13H. The number of hydrogen-bond donors (Lipinski definition) is 0. The minimum absolute atomic E-state index is 0.348. The molecule has 0 spiro atoms. The molecule has 0 saturated carbocycles. The molecule has 19 heavy (non-hydrogen) atoms. The van der Waals surface area contributed by atoms with Crippen LogP contribution in [0.15, 0.2) is 34.8 Å². The molecule has 0 amide bonds. The van der Waals surface area contributed by atoms with Gasteiger partial charge in [0.15, 0.2) is 0 Å². The predicted molar refractivity (Wildman–Crippen MR) is 80.9 cm³/mol. The quantitative estimate of drug-likeness (QED) is 0.392. The van der Waals surface area contributed by atoms with E-state index in [4.69, 9.17) is 11.6 Å². The predicted octanol–water partition coefficient (Wildman–Crippen LogP) is 5.80. The summed E-state index contributed by atoms with van der Waals surface area (Å²) < 4.78 is 41.8. The normalized spacial score (nSPS) is 12.5. The van der Waals surface area contributed by atoms with Gasteiger partial charge in [0.1, 0.15) is 17.5 Å². The van der Waals surface area contributed by atoms with Crippen LogP contribution in [0.25, 0.3) is 0 Å². The summed E-state index contributed by atoms with van der Waals surface area (Å²) in [6, 6.07) is 6.50. The summed E-state index contributed by atoms with van der Waals surface area (Å²) >= 11 is 11.4. The van der Waals surface area contributed by atoms with E-state index in [1.54, 1.807) is 18.2 Å². The van der Waals surface area contributed by atoms with Crippen LogP contribution in [0.5, 0.6) is 0 Å². The Morgan fingerprint density at radius 3 is 2.21 bits per heavy atom. The van der Waals surface area contributed by atoms with E-state index in [0.717, 1.165) is 8.04 Å². The van der Waals surface area contributed by atoms with Crippen molar-refractivity contribution in [1.82, 2.24) is 0 Å². The van der Waals surface area contributed by atoms with Crippen LogP contribution in [0.2, 0.25) is 0 Å². The molecular formula is C13H6BrClF3I. The molecule has 0 bridgehead atoms. The van der Waals surface area contributed by atoms with E-state index in [1.165, 1.54) is 0 Å². The number of halogens is 6. The van der Waals surface area contributed by atoms with E-state index in [1.807, 2.05) is 22.6 Å². The molecule has 0 heterocycles. The summed E-state index contributed by atoms with van der Waals surface area (Å²) in [4.78, 5) is 0. The summed E-state index contributed by atoms with van der Waals surface area (Å²) in [5.41, 5.74) is 0.208. The third-order valence-electron chi connectivity index (χ3n) is 2.53. The third kappa shape index (κ3) is 3.25. The van der Waals surface area contributed by atoms with Gasteiger partial charge in [-0.1, -0.05) is 15.9 Å². The van der Waals surface area contributed by atoms with Crippen molar-refractivity contribution in [3.05, 3.63) is 67.0 Å². The van der Waals surface area contributed by atoms with Crippen molar-refractivity contribution < 1.29 is 13.2 Å². The Hall–Kier alpha value is -0.270. The lowest BCUT2D eigenvalue weighted by Crippen LogP contribution is -2.04. The van der Waals surface area contributed by atoms with Crippen molar-refractivity contribution in [1.29, 1.82) is 0 Å². The van der Waals surface area contributed by atoms with Gasteiger partial charge in [-0.3, -0.25) is 0 Å². The Labute approximate surface area is 135 Å². The molecule has 0 fully saturated rings. The van der Waals surface area contributed by atoms with Crippen LogP contribution in [0.4, 0.5) is 13.2 Å². The monoisotopic (exact) mass is 460 g/mol. The van der Waals surface area contributed by atoms with Gasteiger partial charge in [0, 0.05) is 25.7 Å². The average molecular weight is 461 g/mol. The molecule has 100 valence electrons. The van der Waals surface area contributed by atoms with Gasteiger partial charge in [0.05, 0.1) is 5.38 Å². The van der Waals surface area contributed by atoms with Crippen molar-refractivity contribution in [3.8, 4) is 0 Å². The van der Waals surface area contributed by atoms with Crippen LogP contribution < -0.4 is 0 Å². The largest absolute Gasteiger partial charge is 0.207 e. The Morgan fingerprint density at radius 1 is 1.05 bits per heavy atom. The molecular weight excluding hydrogens is 455 g/mol. The minimum atomic E-state index is -1.02. The first-order valence-electron chi connectivity index (χ1n) is 5.13. The summed E-state index contributed by atoms with van der Waals surface area (Å²) in [5.74, 6) is -2.95. The highest BCUT2D eigenvalue weighted by Gasteiger charge is 2.23. The van der Waals surface area contributed by atoms with Crippen molar-refractivity contribution in [3.63, 3.8) is 0 Å². The van der Waals surface area contributed by atoms with E-state index in [9.17, 15) is 13.2 Å². The van der Waals surface area contributed by atoms with Crippen LogP contribution in [0.1, 0.15) is 16.5 Å². The zero-order valence-corrected chi connectivity index (χ0v) is 13.7. The topological polar surface area (TPSA) is 0 Å². The fraction of sp³-hybridized carbons (Fsp3) is 0.0769. The summed E-state index contributed by atoms with van der Waals surface area (Å²) in [6.45, 7) is 0. The van der Waals surface area contributed by atoms with Gasteiger partial charge >= 0.3 is 0 Å². The molecule has 6 heteroatoms. The average Bonchev–Trinajstić information content (AvgIpc) is 2.30. The van der Waals surface area contributed by atoms with Gasteiger partial charge in [-0.15, -0.1) is 11.6 Å². The van der Waals surface area contributed by atoms with E-state index in [-0.39, 0.29) is 5.56 Å². The van der Waals surface area contributed by atoms with E-state index < -0.39 is 22.8 Å². The zero-order chi connectivity index (χ0) is 14.2. The molecule has 1 atom stereocenters. The van der Waals surface area contributed by atoms with Crippen LogP contribution in [0, 0.1) is 21.0 Å². The van der Waals surface area contributed by atoms with Gasteiger partial charge in [-0.05, 0) is 46.4 Å². The Kier molecular flexibility index (Phi) is 4.79. The molecule has 0 aromatic heterocycles. The maximum atomic E-state index is 13.7. The Bertz CT molecular complexity index is 610. The third-order valence-corrected chi connectivity index (χ3v) is 4.46. The first-order chi connectivity index (χ1) is 8.90. The summed E-state index contributed by atoms with van der Waals surface area (Å²) in [5, 5.41) is -1.02. The Morgan fingerprint density at radius 2 is 1.63 bits per heavy atom. The lowest BCUT2D eigenvalue weighted by molar-refractivity contribution is 0.526. The van der Waals surface area contributed by atoms with E-state index >= 15 is 0 Å². The first-order valence-corrected chi connectivity index (χ1v) is 7.44. The second-order valence-corrected chi connectivity index (χ2v) is 6.33. The fourth-order valence-corrected chi connectivity index (χ4v) is 3.26. The highest BCUT2D eigenvalue weighted by Crippen LogP contribution is 2.36. The van der Waals surface area contributed by atoms with Gasteiger partial charge < -0.3 is 0 Å². The summed E-state index contributed by atoms with van der Waals surface area (Å²) in [7, 11) is 0.